The minimum absolute atomic E-state index is 0.0207. The number of methoxy groups -OCH3 is 1. The predicted octanol–water partition coefficient (Wildman–Crippen LogP) is 5.17. The molecule has 0 atom stereocenters. The number of carboxylic acids is 1. The first-order chi connectivity index (χ1) is 15.9. The number of benzene rings is 3. The van der Waals surface area contributed by atoms with E-state index >= 15 is 0 Å². The quantitative estimate of drug-likeness (QED) is 0.353. The molecule has 0 bridgehead atoms. The van der Waals surface area contributed by atoms with Crippen molar-refractivity contribution in [3.63, 3.8) is 0 Å². The second-order valence-corrected chi connectivity index (χ2v) is 7.21. The van der Waals surface area contributed by atoms with Gasteiger partial charge in [-0.15, -0.1) is 0 Å². The van der Waals surface area contributed by atoms with Crippen molar-refractivity contribution in [2.75, 3.05) is 12.4 Å². The number of halogens is 1. The number of nitrogens with zero attached hydrogens (tertiary/aromatic N) is 1. The standard InChI is InChI=1S/C25H19ClN2O5/c1-32-23-12-16(9-10-22(23)33-15-18-5-2-3-8-21(18)26)11-19(14-27)24(29)28-20-7-4-6-17(13-20)25(30)31/h2-13H,15H2,1H3,(H,28,29)(H,30,31)/b19-11+. The van der Waals surface area contributed by atoms with E-state index in [0.29, 0.717) is 22.1 Å². The minimum Gasteiger partial charge on any atom is -0.493 e. The summed E-state index contributed by atoms with van der Waals surface area (Å²) in [5.41, 5.74) is 1.49. The van der Waals surface area contributed by atoms with Crippen molar-refractivity contribution < 1.29 is 24.2 Å². The number of nitrogens with one attached hydrogen (secondary N) is 1. The molecule has 0 radical (unpaired) electrons. The molecule has 7 nitrogen and oxygen atoms in total. The molecule has 0 aromatic heterocycles. The summed E-state index contributed by atoms with van der Waals surface area (Å²) in [6.45, 7) is 0.243. The van der Waals surface area contributed by atoms with Crippen LogP contribution < -0.4 is 14.8 Å². The first kappa shape index (κ1) is 23.4. The number of hydrogen-bond acceptors (Lipinski definition) is 5. The monoisotopic (exact) mass is 462 g/mol. The number of rotatable bonds is 8. The summed E-state index contributed by atoms with van der Waals surface area (Å²) >= 11 is 6.16. The first-order valence-corrected chi connectivity index (χ1v) is 10.1. The molecule has 3 aromatic rings. The van der Waals surface area contributed by atoms with E-state index in [2.05, 4.69) is 5.32 Å². The topological polar surface area (TPSA) is 109 Å². The maximum absolute atomic E-state index is 12.5. The zero-order chi connectivity index (χ0) is 23.8. The molecule has 0 heterocycles. The van der Waals surface area contributed by atoms with Crippen LogP contribution in [0.2, 0.25) is 5.02 Å². The molecule has 0 unspecified atom stereocenters. The summed E-state index contributed by atoms with van der Waals surface area (Å²) in [7, 11) is 1.48. The Balaban J connectivity index is 1.77. The third-order valence-electron chi connectivity index (χ3n) is 4.57. The van der Waals surface area contributed by atoms with Gasteiger partial charge in [-0.3, -0.25) is 4.79 Å². The lowest BCUT2D eigenvalue weighted by molar-refractivity contribution is -0.112. The highest BCUT2D eigenvalue weighted by Crippen LogP contribution is 2.30. The van der Waals surface area contributed by atoms with E-state index in [0.717, 1.165) is 5.56 Å². The molecule has 8 heteroatoms. The van der Waals surface area contributed by atoms with Gasteiger partial charge >= 0.3 is 5.97 Å². The second kappa shape index (κ2) is 10.8. The van der Waals surface area contributed by atoms with E-state index in [1.807, 2.05) is 24.3 Å². The third-order valence-corrected chi connectivity index (χ3v) is 4.94. The molecule has 3 rings (SSSR count). The number of aromatic carboxylic acids is 1. The highest BCUT2D eigenvalue weighted by molar-refractivity contribution is 6.31. The Morgan fingerprint density at radius 2 is 1.88 bits per heavy atom. The molecule has 0 saturated carbocycles. The van der Waals surface area contributed by atoms with Crippen LogP contribution in [-0.4, -0.2) is 24.1 Å². The molecular weight excluding hydrogens is 444 g/mol. The normalized spacial score (nSPS) is 10.8. The average molecular weight is 463 g/mol. The van der Waals surface area contributed by atoms with E-state index in [-0.39, 0.29) is 23.4 Å². The van der Waals surface area contributed by atoms with Gasteiger partial charge in [0.05, 0.1) is 12.7 Å². The molecule has 0 aliphatic heterocycles. The van der Waals surface area contributed by atoms with Crippen LogP contribution in [0.1, 0.15) is 21.5 Å². The van der Waals surface area contributed by atoms with Crippen LogP contribution in [0.5, 0.6) is 11.5 Å². The summed E-state index contributed by atoms with van der Waals surface area (Å²) in [4.78, 5) is 23.6. The maximum atomic E-state index is 12.5. The van der Waals surface area contributed by atoms with Gasteiger partial charge in [0.25, 0.3) is 5.91 Å². The largest absolute Gasteiger partial charge is 0.493 e. The van der Waals surface area contributed by atoms with Gasteiger partial charge in [-0.25, -0.2) is 4.79 Å². The SMILES string of the molecule is COc1cc(/C=C(\C#N)C(=O)Nc2cccc(C(=O)O)c2)ccc1OCc1ccccc1Cl. The molecule has 0 saturated heterocycles. The summed E-state index contributed by atoms with van der Waals surface area (Å²) < 4.78 is 11.2. The summed E-state index contributed by atoms with van der Waals surface area (Å²) in [6.07, 6.45) is 1.40. The van der Waals surface area contributed by atoms with Gasteiger partial charge in [0.15, 0.2) is 11.5 Å². The number of anilines is 1. The van der Waals surface area contributed by atoms with Crippen LogP contribution in [0.3, 0.4) is 0 Å². The van der Waals surface area contributed by atoms with Crippen molar-refractivity contribution in [2.45, 2.75) is 6.61 Å². The van der Waals surface area contributed by atoms with Gasteiger partial charge in [0, 0.05) is 16.3 Å². The Kier molecular flexibility index (Phi) is 7.68. The molecular formula is C25H19ClN2O5. The number of ether oxygens (including phenoxy) is 2. The van der Waals surface area contributed by atoms with E-state index < -0.39 is 11.9 Å². The van der Waals surface area contributed by atoms with Crippen molar-refractivity contribution in [3.8, 4) is 17.6 Å². The lowest BCUT2D eigenvalue weighted by atomic mass is 10.1. The zero-order valence-electron chi connectivity index (χ0n) is 17.5. The number of carboxylic acid groups (broad SMARTS) is 1. The molecule has 33 heavy (non-hydrogen) atoms. The lowest BCUT2D eigenvalue weighted by Crippen LogP contribution is -2.14. The van der Waals surface area contributed by atoms with E-state index in [4.69, 9.17) is 26.2 Å². The van der Waals surface area contributed by atoms with E-state index in [1.165, 1.54) is 37.5 Å². The van der Waals surface area contributed by atoms with Crippen LogP contribution >= 0.6 is 11.6 Å². The van der Waals surface area contributed by atoms with E-state index in [1.54, 1.807) is 24.3 Å². The van der Waals surface area contributed by atoms with Crippen molar-refractivity contribution in [1.29, 1.82) is 5.26 Å². The third kappa shape index (κ3) is 6.12. The summed E-state index contributed by atoms with van der Waals surface area (Å²) in [6, 6.07) is 19.9. The molecule has 166 valence electrons. The molecule has 0 aliphatic carbocycles. The van der Waals surface area contributed by atoms with Crippen LogP contribution in [-0.2, 0) is 11.4 Å². The number of amides is 1. The van der Waals surface area contributed by atoms with Gasteiger partial charge in [-0.05, 0) is 48.0 Å². The number of carbonyl (C=O) groups excluding carboxylic acids is 1. The summed E-state index contributed by atoms with van der Waals surface area (Å²) in [5, 5.41) is 21.7. The zero-order valence-corrected chi connectivity index (χ0v) is 18.3. The number of nitriles is 1. The maximum Gasteiger partial charge on any atom is 0.335 e. The van der Waals surface area contributed by atoms with Crippen molar-refractivity contribution >= 4 is 35.2 Å². The fourth-order valence-electron chi connectivity index (χ4n) is 2.91. The van der Waals surface area contributed by atoms with Gasteiger partial charge < -0.3 is 19.9 Å². The van der Waals surface area contributed by atoms with Crippen molar-refractivity contribution in [2.24, 2.45) is 0 Å². The van der Waals surface area contributed by atoms with Crippen LogP contribution in [0.4, 0.5) is 5.69 Å². The fraction of sp³-hybridized carbons (Fsp3) is 0.0800. The molecule has 0 fully saturated rings. The first-order valence-electron chi connectivity index (χ1n) is 9.72. The smallest absolute Gasteiger partial charge is 0.335 e. The van der Waals surface area contributed by atoms with Crippen LogP contribution in [0.15, 0.2) is 72.3 Å². The molecule has 2 N–H and O–H groups in total. The second-order valence-electron chi connectivity index (χ2n) is 6.80. The molecule has 0 spiro atoms. The van der Waals surface area contributed by atoms with Crippen molar-refractivity contribution in [1.82, 2.24) is 0 Å². The Bertz CT molecular complexity index is 1260. The average Bonchev–Trinajstić information content (AvgIpc) is 2.82. The van der Waals surface area contributed by atoms with Gasteiger partial charge in [-0.2, -0.15) is 5.26 Å². The highest BCUT2D eigenvalue weighted by atomic mass is 35.5. The Labute approximate surface area is 195 Å². The minimum atomic E-state index is -1.12. The summed E-state index contributed by atoms with van der Waals surface area (Å²) in [5.74, 6) is -0.894. The fourth-order valence-corrected chi connectivity index (χ4v) is 3.10. The lowest BCUT2D eigenvalue weighted by Gasteiger charge is -2.12. The van der Waals surface area contributed by atoms with Gasteiger partial charge in [-0.1, -0.05) is 41.9 Å². The molecule has 0 aliphatic rings. The van der Waals surface area contributed by atoms with Crippen LogP contribution in [0.25, 0.3) is 6.08 Å². The number of carbonyl (C=O) groups is 2. The number of hydrogen-bond donors (Lipinski definition) is 2. The van der Waals surface area contributed by atoms with E-state index in [9.17, 15) is 14.9 Å². The van der Waals surface area contributed by atoms with Gasteiger partial charge in [0.2, 0.25) is 0 Å². The van der Waals surface area contributed by atoms with Crippen molar-refractivity contribution in [3.05, 3.63) is 94.0 Å². The Morgan fingerprint density at radius 3 is 2.58 bits per heavy atom. The molecule has 1 amide bonds. The Morgan fingerprint density at radius 1 is 1.09 bits per heavy atom. The van der Waals surface area contributed by atoms with Gasteiger partial charge in [0.1, 0.15) is 18.2 Å². The van der Waals surface area contributed by atoms with Crippen LogP contribution in [0, 0.1) is 11.3 Å². The Hall–Kier alpha value is -4.28. The highest BCUT2D eigenvalue weighted by Gasteiger charge is 2.13. The predicted molar refractivity (Wildman–Crippen MR) is 124 cm³/mol. The molecule has 3 aromatic carbocycles.